The first-order valence-electron chi connectivity index (χ1n) is 13.4. The third-order valence-corrected chi connectivity index (χ3v) is 9.75. The molecule has 2 aliphatic carbocycles. The van der Waals surface area contributed by atoms with Gasteiger partial charge in [-0.1, -0.05) is 54.1 Å². The minimum atomic E-state index is -0.742. The van der Waals surface area contributed by atoms with Crippen molar-refractivity contribution in [3.63, 3.8) is 0 Å². The van der Waals surface area contributed by atoms with Crippen molar-refractivity contribution in [3.05, 3.63) is 86.3 Å². The molecule has 0 spiro atoms. The molecule has 7 rings (SSSR count). The summed E-state index contributed by atoms with van der Waals surface area (Å²) in [5, 5.41) is 12.1. The Morgan fingerprint density at radius 3 is 2.66 bits per heavy atom. The molecule has 10 heteroatoms. The Labute approximate surface area is 249 Å². The van der Waals surface area contributed by atoms with Crippen LogP contribution >= 0.6 is 35.6 Å². The maximum atomic E-state index is 13.3. The quantitative estimate of drug-likeness (QED) is 0.138. The van der Waals surface area contributed by atoms with Gasteiger partial charge in [-0.15, -0.1) is 0 Å². The Balaban J connectivity index is 1.14. The molecule has 2 aromatic carbocycles. The Morgan fingerprint density at radius 1 is 1.07 bits per heavy atom. The molecule has 41 heavy (non-hydrogen) atoms. The maximum Gasteiger partial charge on any atom is 0.351 e. The number of halogens is 1. The van der Waals surface area contributed by atoms with Gasteiger partial charge >= 0.3 is 5.63 Å². The van der Waals surface area contributed by atoms with Crippen LogP contribution in [0.25, 0.3) is 28.4 Å². The smallest absolute Gasteiger partial charge is 0.351 e. The zero-order valence-electron chi connectivity index (χ0n) is 21.7. The molecular weight excluding hydrogens is 582 g/mol. The van der Waals surface area contributed by atoms with Gasteiger partial charge in [0.05, 0.1) is 10.3 Å². The van der Waals surface area contributed by atoms with Gasteiger partial charge in [-0.3, -0.25) is 9.69 Å². The van der Waals surface area contributed by atoms with Crippen LogP contribution in [0, 0.1) is 11.8 Å². The van der Waals surface area contributed by atoms with Gasteiger partial charge in [-0.25, -0.2) is 4.79 Å². The molecule has 3 unspecified atom stereocenters. The number of rotatable bonds is 6. The monoisotopic (exact) mass is 605 g/mol. The van der Waals surface area contributed by atoms with Crippen LogP contribution in [-0.2, 0) is 11.4 Å². The summed E-state index contributed by atoms with van der Waals surface area (Å²) in [6.07, 6.45) is 6.23. The van der Waals surface area contributed by atoms with E-state index in [1.165, 1.54) is 24.6 Å². The number of benzene rings is 2. The average molecular weight is 606 g/mol. The van der Waals surface area contributed by atoms with Crippen LogP contribution in [0.4, 0.5) is 0 Å². The van der Waals surface area contributed by atoms with Crippen molar-refractivity contribution in [3.8, 4) is 22.8 Å². The molecule has 3 heterocycles. The second-order valence-electron chi connectivity index (χ2n) is 10.7. The van der Waals surface area contributed by atoms with E-state index >= 15 is 0 Å². The van der Waals surface area contributed by atoms with Gasteiger partial charge in [-0.2, -0.15) is 0 Å². The summed E-state index contributed by atoms with van der Waals surface area (Å²) in [6, 6.07) is 15.5. The van der Waals surface area contributed by atoms with Crippen molar-refractivity contribution in [1.82, 2.24) is 4.90 Å². The van der Waals surface area contributed by atoms with Crippen LogP contribution < -0.4 is 10.4 Å². The highest BCUT2D eigenvalue weighted by atomic mass is 35.5. The van der Waals surface area contributed by atoms with Gasteiger partial charge < -0.3 is 18.7 Å². The minimum absolute atomic E-state index is 0.102. The fraction of sp³-hybridized carbons (Fsp3) is 0.258. The molecule has 1 N–H and O–H groups in total. The number of hydrogen-bond donors (Lipinski definition) is 1. The summed E-state index contributed by atoms with van der Waals surface area (Å²) in [6.45, 7) is 0.295. The molecule has 1 aliphatic heterocycles. The number of aromatic hydroxyl groups is 1. The van der Waals surface area contributed by atoms with Gasteiger partial charge in [0.25, 0.3) is 5.91 Å². The first kappa shape index (κ1) is 26.4. The summed E-state index contributed by atoms with van der Waals surface area (Å²) < 4.78 is 17.9. The Bertz CT molecular complexity index is 1790. The number of furan rings is 1. The highest BCUT2D eigenvalue weighted by molar-refractivity contribution is 8.26. The van der Waals surface area contributed by atoms with Crippen molar-refractivity contribution >= 4 is 62.9 Å². The standard InChI is InChI=1S/C31H24ClNO6S2/c32-19-5-2-16(3-6-19)15-37-20-7-9-24-22(13-20)28(34)27(30(36)39-24)25-10-8-21(38-25)14-26-29(35)33(31(40)41-26)23-12-17-1-4-18(23)11-17/h2-3,5-10,13-14,17-18,23,34H,1,4,11-12,15H2/b26-14-. The minimum Gasteiger partial charge on any atom is -0.506 e. The Kier molecular flexibility index (Phi) is 6.68. The van der Waals surface area contributed by atoms with E-state index in [2.05, 4.69) is 0 Å². The highest BCUT2D eigenvalue weighted by Gasteiger charge is 2.48. The van der Waals surface area contributed by atoms with Gasteiger partial charge in [0.15, 0.2) is 0 Å². The lowest BCUT2D eigenvalue weighted by Crippen LogP contribution is -2.41. The van der Waals surface area contributed by atoms with Crippen molar-refractivity contribution in [2.75, 3.05) is 0 Å². The van der Waals surface area contributed by atoms with E-state index in [9.17, 15) is 14.7 Å². The molecule has 0 radical (unpaired) electrons. The van der Waals surface area contributed by atoms with Gasteiger partial charge in [0.1, 0.15) is 45.1 Å². The van der Waals surface area contributed by atoms with E-state index in [-0.39, 0.29) is 34.6 Å². The molecule has 4 aromatic rings. The maximum absolute atomic E-state index is 13.3. The molecule has 7 nitrogen and oxygen atoms in total. The highest BCUT2D eigenvalue weighted by Crippen LogP contribution is 2.49. The van der Waals surface area contributed by atoms with E-state index in [4.69, 9.17) is 37.4 Å². The fourth-order valence-electron chi connectivity index (χ4n) is 6.21. The number of fused-ring (bicyclic) bond motifs is 3. The van der Waals surface area contributed by atoms with Crippen molar-refractivity contribution < 1.29 is 23.5 Å². The van der Waals surface area contributed by atoms with E-state index in [1.54, 1.807) is 53.4 Å². The van der Waals surface area contributed by atoms with E-state index in [1.807, 2.05) is 12.1 Å². The van der Waals surface area contributed by atoms with Crippen LogP contribution in [0.3, 0.4) is 0 Å². The van der Waals surface area contributed by atoms with Gasteiger partial charge in [0, 0.05) is 17.1 Å². The molecule has 3 atom stereocenters. The number of thiocarbonyl (C=S) groups is 1. The number of hydrogen-bond acceptors (Lipinski definition) is 8. The summed E-state index contributed by atoms with van der Waals surface area (Å²) in [4.78, 5) is 28.4. The van der Waals surface area contributed by atoms with E-state index in [0.29, 0.717) is 49.6 Å². The number of ether oxygens (including phenoxy) is 1. The van der Waals surface area contributed by atoms with Crippen LogP contribution in [0.1, 0.15) is 37.0 Å². The Hall–Kier alpha value is -3.53. The fourth-order valence-corrected chi connectivity index (χ4v) is 7.69. The number of carbonyl (C=O) groups excluding carboxylic acids is 1. The van der Waals surface area contributed by atoms with Crippen molar-refractivity contribution in [2.24, 2.45) is 11.8 Å². The molecule has 3 fully saturated rings. The van der Waals surface area contributed by atoms with E-state index < -0.39 is 5.63 Å². The first-order chi connectivity index (χ1) is 19.8. The van der Waals surface area contributed by atoms with Crippen molar-refractivity contribution in [2.45, 2.75) is 38.3 Å². The van der Waals surface area contributed by atoms with Crippen LogP contribution in [0.2, 0.25) is 5.02 Å². The first-order valence-corrected chi connectivity index (χ1v) is 15.0. The third-order valence-electron chi connectivity index (χ3n) is 8.17. The second kappa shape index (κ2) is 10.4. The zero-order valence-corrected chi connectivity index (χ0v) is 24.1. The number of nitrogens with zero attached hydrogens (tertiary/aromatic N) is 1. The lowest BCUT2D eigenvalue weighted by molar-refractivity contribution is -0.124. The molecule has 2 bridgehead atoms. The Morgan fingerprint density at radius 2 is 1.90 bits per heavy atom. The molecule has 3 aliphatic rings. The average Bonchev–Trinajstić information content (AvgIpc) is 3.75. The summed E-state index contributed by atoms with van der Waals surface area (Å²) in [5.74, 6) is 1.81. The van der Waals surface area contributed by atoms with Crippen LogP contribution in [0.15, 0.2) is 73.1 Å². The molecule has 208 valence electrons. The summed E-state index contributed by atoms with van der Waals surface area (Å²) in [7, 11) is 0. The topological polar surface area (TPSA) is 93.1 Å². The second-order valence-corrected chi connectivity index (χ2v) is 12.8. The van der Waals surface area contributed by atoms with Crippen LogP contribution in [-0.4, -0.2) is 26.3 Å². The molecule has 1 saturated heterocycles. The van der Waals surface area contributed by atoms with Crippen molar-refractivity contribution in [1.29, 1.82) is 0 Å². The zero-order chi connectivity index (χ0) is 28.2. The lowest BCUT2D eigenvalue weighted by atomic mass is 9.94. The summed E-state index contributed by atoms with van der Waals surface area (Å²) in [5.41, 5.74) is 0.288. The SMILES string of the molecule is O=C1/C(=C/c2ccc(-c3c(O)c4cc(OCc5ccc(Cl)cc5)ccc4oc3=O)o2)SC(=S)N1C1CC2CCC1C2. The third kappa shape index (κ3) is 4.86. The number of thioether (sulfide) groups is 1. The summed E-state index contributed by atoms with van der Waals surface area (Å²) >= 11 is 12.8. The largest absolute Gasteiger partial charge is 0.506 e. The molecule has 2 aromatic heterocycles. The predicted molar refractivity (Wildman–Crippen MR) is 162 cm³/mol. The normalized spacial score (nSPS) is 22.9. The number of amides is 1. The predicted octanol–water partition coefficient (Wildman–Crippen LogP) is 7.38. The molecular formula is C31H24ClNO6S2. The van der Waals surface area contributed by atoms with Gasteiger partial charge in [0.2, 0.25) is 0 Å². The number of carbonyl (C=O) groups is 1. The molecule has 1 amide bonds. The van der Waals surface area contributed by atoms with Gasteiger partial charge in [-0.05, 0) is 79.1 Å². The lowest BCUT2D eigenvalue weighted by Gasteiger charge is -2.30. The van der Waals surface area contributed by atoms with E-state index in [0.717, 1.165) is 18.4 Å². The molecule has 2 saturated carbocycles. The van der Waals surface area contributed by atoms with Crippen LogP contribution in [0.5, 0.6) is 11.5 Å².